The fourth-order valence-electron chi connectivity index (χ4n) is 3.64. The van der Waals surface area contributed by atoms with Gasteiger partial charge in [-0.25, -0.2) is 0 Å². The molecule has 5 nitrogen and oxygen atoms in total. The molecule has 0 bridgehead atoms. The minimum absolute atomic E-state index is 0.153. The van der Waals surface area contributed by atoms with Gasteiger partial charge in [0.15, 0.2) is 16.3 Å². The van der Waals surface area contributed by atoms with Crippen LogP contribution < -0.4 is 14.3 Å². The first-order valence-electron chi connectivity index (χ1n) is 9.14. The third kappa shape index (κ3) is 3.36. The van der Waals surface area contributed by atoms with Gasteiger partial charge in [-0.2, -0.15) is 4.99 Å². The van der Waals surface area contributed by atoms with E-state index in [1.54, 1.807) is 6.08 Å². The molecular weight excluding hydrogens is 372 g/mol. The first-order chi connectivity index (χ1) is 13.5. The summed E-state index contributed by atoms with van der Waals surface area (Å²) in [5.41, 5.74) is 5.47. The summed E-state index contributed by atoms with van der Waals surface area (Å²) in [5, 5.41) is 0. The molecule has 28 heavy (non-hydrogen) atoms. The van der Waals surface area contributed by atoms with E-state index in [4.69, 9.17) is 9.47 Å². The SMILES string of the molecule is C=CCn1c(=NC(=O)Cc2c(C)cc(C)cc2C)sc2cc3c(cc21)OCO3. The Labute approximate surface area is 167 Å². The first-order valence-corrected chi connectivity index (χ1v) is 9.96. The average Bonchev–Trinajstić information content (AvgIpc) is 3.21. The lowest BCUT2D eigenvalue weighted by molar-refractivity contribution is -0.117. The molecule has 3 aromatic rings. The normalized spacial score (nSPS) is 13.3. The van der Waals surface area contributed by atoms with Gasteiger partial charge in [-0.05, 0) is 37.5 Å². The molecule has 2 aromatic carbocycles. The maximum atomic E-state index is 12.8. The molecule has 4 rings (SSSR count). The molecule has 0 aliphatic carbocycles. The van der Waals surface area contributed by atoms with Crippen LogP contribution in [-0.4, -0.2) is 17.3 Å². The molecule has 0 saturated carbocycles. The van der Waals surface area contributed by atoms with Crippen molar-refractivity contribution in [3.63, 3.8) is 0 Å². The molecule has 0 unspecified atom stereocenters. The van der Waals surface area contributed by atoms with E-state index in [2.05, 4.69) is 30.6 Å². The van der Waals surface area contributed by atoms with Gasteiger partial charge >= 0.3 is 0 Å². The summed E-state index contributed by atoms with van der Waals surface area (Å²) in [6.07, 6.45) is 2.09. The number of hydrogen-bond acceptors (Lipinski definition) is 4. The van der Waals surface area contributed by atoms with E-state index in [1.165, 1.54) is 16.9 Å². The number of fused-ring (bicyclic) bond motifs is 2. The molecular formula is C22H22N2O3S. The maximum Gasteiger partial charge on any atom is 0.252 e. The van der Waals surface area contributed by atoms with Crippen LogP contribution in [0.3, 0.4) is 0 Å². The number of carbonyl (C=O) groups is 1. The average molecular weight is 394 g/mol. The Hall–Kier alpha value is -2.86. The van der Waals surface area contributed by atoms with Crippen molar-refractivity contribution in [1.29, 1.82) is 0 Å². The molecule has 0 saturated heterocycles. The summed E-state index contributed by atoms with van der Waals surface area (Å²) in [7, 11) is 0. The second kappa shape index (κ2) is 7.28. The second-order valence-electron chi connectivity index (χ2n) is 7.02. The number of aromatic nitrogens is 1. The van der Waals surface area contributed by atoms with Crippen LogP contribution in [0.2, 0.25) is 0 Å². The predicted molar refractivity (Wildman–Crippen MR) is 111 cm³/mol. The molecule has 1 aromatic heterocycles. The summed E-state index contributed by atoms with van der Waals surface area (Å²) in [6.45, 7) is 10.8. The standard InChI is InChI=1S/C22H22N2O3S/c1-5-6-24-17-10-18-19(27-12-26-18)11-20(17)28-22(24)23-21(25)9-16-14(3)7-13(2)8-15(16)4/h5,7-8,10-11H,1,6,9,12H2,2-4H3. The zero-order valence-corrected chi connectivity index (χ0v) is 17.1. The number of thiazole rings is 1. The van der Waals surface area contributed by atoms with Gasteiger partial charge < -0.3 is 14.0 Å². The Bertz CT molecular complexity index is 1150. The highest BCUT2D eigenvalue weighted by Crippen LogP contribution is 2.37. The topological polar surface area (TPSA) is 52.8 Å². The third-order valence-electron chi connectivity index (χ3n) is 4.88. The predicted octanol–water partition coefficient (Wildman–Crippen LogP) is 4.21. The Kier molecular flexibility index (Phi) is 4.81. The molecule has 0 N–H and O–H groups in total. The first kappa shape index (κ1) is 18.5. The Morgan fingerprint density at radius 1 is 1.18 bits per heavy atom. The van der Waals surface area contributed by atoms with Crippen molar-refractivity contribution in [2.45, 2.75) is 33.7 Å². The molecule has 2 heterocycles. The van der Waals surface area contributed by atoms with Crippen LogP contribution in [0.25, 0.3) is 10.2 Å². The van der Waals surface area contributed by atoms with E-state index in [1.807, 2.05) is 30.5 Å². The lowest BCUT2D eigenvalue weighted by atomic mass is 9.97. The molecule has 0 spiro atoms. The largest absolute Gasteiger partial charge is 0.454 e. The highest BCUT2D eigenvalue weighted by molar-refractivity contribution is 7.16. The molecule has 1 amide bonds. The summed E-state index contributed by atoms with van der Waals surface area (Å²) in [6, 6.07) is 8.10. The fourth-order valence-corrected chi connectivity index (χ4v) is 4.70. The van der Waals surface area contributed by atoms with Crippen molar-refractivity contribution in [2.24, 2.45) is 4.99 Å². The number of nitrogens with zero attached hydrogens (tertiary/aromatic N) is 2. The third-order valence-corrected chi connectivity index (χ3v) is 5.92. The van der Waals surface area contributed by atoms with E-state index in [0.717, 1.165) is 32.7 Å². The van der Waals surface area contributed by atoms with E-state index in [-0.39, 0.29) is 12.7 Å². The van der Waals surface area contributed by atoms with Crippen LogP contribution in [0.1, 0.15) is 22.3 Å². The van der Waals surface area contributed by atoms with Crippen molar-refractivity contribution in [3.8, 4) is 11.5 Å². The van der Waals surface area contributed by atoms with Gasteiger partial charge in [0.25, 0.3) is 5.91 Å². The highest BCUT2D eigenvalue weighted by atomic mass is 32.1. The van der Waals surface area contributed by atoms with Gasteiger partial charge in [0.2, 0.25) is 6.79 Å². The van der Waals surface area contributed by atoms with Crippen LogP contribution in [0.15, 0.2) is 41.9 Å². The summed E-state index contributed by atoms with van der Waals surface area (Å²) in [5.74, 6) is 1.29. The van der Waals surface area contributed by atoms with Crippen LogP contribution in [0, 0.1) is 20.8 Å². The lowest BCUT2D eigenvalue weighted by Crippen LogP contribution is -2.17. The van der Waals surface area contributed by atoms with Crippen molar-refractivity contribution in [3.05, 3.63) is 64.0 Å². The van der Waals surface area contributed by atoms with Crippen LogP contribution in [-0.2, 0) is 17.8 Å². The van der Waals surface area contributed by atoms with Gasteiger partial charge in [0, 0.05) is 18.7 Å². The van der Waals surface area contributed by atoms with Crippen molar-refractivity contribution < 1.29 is 14.3 Å². The molecule has 6 heteroatoms. The molecule has 0 radical (unpaired) electrons. The van der Waals surface area contributed by atoms with E-state index in [0.29, 0.717) is 23.5 Å². The van der Waals surface area contributed by atoms with E-state index >= 15 is 0 Å². The molecule has 1 aliphatic rings. The van der Waals surface area contributed by atoms with Gasteiger partial charge in [0.1, 0.15) is 0 Å². The smallest absolute Gasteiger partial charge is 0.252 e. The van der Waals surface area contributed by atoms with E-state index in [9.17, 15) is 4.79 Å². The number of ether oxygens (including phenoxy) is 2. The zero-order chi connectivity index (χ0) is 19.8. The number of amides is 1. The minimum atomic E-state index is -0.153. The number of allylic oxidation sites excluding steroid dienone is 1. The number of hydrogen-bond donors (Lipinski definition) is 0. The summed E-state index contributed by atoms with van der Waals surface area (Å²) < 4.78 is 13.9. The van der Waals surface area contributed by atoms with Gasteiger partial charge in [-0.15, -0.1) is 6.58 Å². The number of benzene rings is 2. The molecule has 0 atom stereocenters. The number of carbonyl (C=O) groups excluding carboxylic acids is 1. The summed E-state index contributed by atoms with van der Waals surface area (Å²) >= 11 is 1.47. The molecule has 0 fully saturated rings. The van der Waals surface area contributed by atoms with Gasteiger partial charge in [-0.1, -0.05) is 35.1 Å². The zero-order valence-electron chi connectivity index (χ0n) is 16.2. The lowest BCUT2D eigenvalue weighted by Gasteiger charge is -2.09. The van der Waals surface area contributed by atoms with Crippen LogP contribution in [0.4, 0.5) is 0 Å². The van der Waals surface area contributed by atoms with E-state index < -0.39 is 0 Å². The van der Waals surface area contributed by atoms with Crippen LogP contribution >= 0.6 is 11.3 Å². The molecule has 1 aliphatic heterocycles. The van der Waals surface area contributed by atoms with Crippen LogP contribution in [0.5, 0.6) is 11.5 Å². The summed E-state index contributed by atoms with van der Waals surface area (Å²) in [4.78, 5) is 17.8. The fraction of sp³-hybridized carbons (Fsp3) is 0.273. The number of rotatable bonds is 4. The number of aryl methyl sites for hydroxylation is 3. The quantitative estimate of drug-likeness (QED) is 0.623. The monoisotopic (exact) mass is 394 g/mol. The Morgan fingerprint density at radius 2 is 1.86 bits per heavy atom. The highest BCUT2D eigenvalue weighted by Gasteiger charge is 2.18. The minimum Gasteiger partial charge on any atom is -0.454 e. The maximum absolute atomic E-state index is 12.8. The van der Waals surface area contributed by atoms with Crippen molar-refractivity contribution in [1.82, 2.24) is 4.57 Å². The second-order valence-corrected chi connectivity index (χ2v) is 8.03. The Morgan fingerprint density at radius 3 is 2.54 bits per heavy atom. The Balaban J connectivity index is 1.75. The molecule has 144 valence electrons. The van der Waals surface area contributed by atoms with Gasteiger partial charge in [0.05, 0.1) is 16.6 Å². The van der Waals surface area contributed by atoms with Crippen molar-refractivity contribution >= 4 is 27.5 Å². The van der Waals surface area contributed by atoms with Crippen molar-refractivity contribution in [2.75, 3.05) is 6.79 Å². The van der Waals surface area contributed by atoms with Gasteiger partial charge in [-0.3, -0.25) is 4.79 Å².